The Morgan fingerprint density at radius 2 is 2.11 bits per heavy atom. The average Bonchev–Trinajstić information content (AvgIpc) is 2.78. The highest BCUT2D eigenvalue weighted by Gasteiger charge is 2.20. The van der Waals surface area contributed by atoms with E-state index in [1.807, 2.05) is 6.07 Å². The van der Waals surface area contributed by atoms with Crippen LogP contribution in [0.1, 0.15) is 5.56 Å². The number of thiophene rings is 1. The number of nitriles is 1. The van der Waals surface area contributed by atoms with Crippen LogP contribution in [0, 0.1) is 11.3 Å². The highest BCUT2D eigenvalue weighted by atomic mass is 35.5. The fourth-order valence-corrected chi connectivity index (χ4v) is 3.86. The fraction of sp³-hybridized carbons (Fsp3) is 0. The van der Waals surface area contributed by atoms with Crippen molar-refractivity contribution < 1.29 is 8.42 Å². The third kappa shape index (κ3) is 2.81. The van der Waals surface area contributed by atoms with Crippen LogP contribution in [0.5, 0.6) is 0 Å². The van der Waals surface area contributed by atoms with Crippen LogP contribution in [-0.2, 0) is 10.0 Å². The molecule has 0 amide bonds. The van der Waals surface area contributed by atoms with Gasteiger partial charge >= 0.3 is 0 Å². The first kappa shape index (κ1) is 13.7. The van der Waals surface area contributed by atoms with Crippen LogP contribution in [-0.4, -0.2) is 8.42 Å². The summed E-state index contributed by atoms with van der Waals surface area (Å²) in [5.41, 5.74) is 5.98. The lowest BCUT2D eigenvalue weighted by molar-refractivity contribution is 0.601. The van der Waals surface area contributed by atoms with Gasteiger partial charge in [0, 0.05) is 5.02 Å². The Morgan fingerprint density at radius 1 is 1.37 bits per heavy atom. The quantitative estimate of drug-likeness (QED) is 0.851. The van der Waals surface area contributed by atoms with E-state index in [1.54, 1.807) is 5.38 Å². The van der Waals surface area contributed by atoms with Crippen molar-refractivity contribution in [3.8, 4) is 6.07 Å². The molecular formula is C11H8ClN3O2S2. The molecule has 0 radical (unpaired) electrons. The number of sulfonamides is 1. The molecule has 8 heteroatoms. The van der Waals surface area contributed by atoms with Crippen LogP contribution in [0.3, 0.4) is 0 Å². The molecule has 0 unspecified atom stereocenters. The first-order chi connectivity index (χ1) is 8.94. The van der Waals surface area contributed by atoms with E-state index in [0.717, 1.165) is 11.3 Å². The zero-order valence-electron chi connectivity index (χ0n) is 9.42. The summed E-state index contributed by atoms with van der Waals surface area (Å²) in [5, 5.41) is 11.0. The summed E-state index contributed by atoms with van der Waals surface area (Å²) in [7, 11) is -3.87. The van der Waals surface area contributed by atoms with E-state index in [9.17, 15) is 8.42 Å². The molecule has 5 nitrogen and oxygen atoms in total. The lowest BCUT2D eigenvalue weighted by Crippen LogP contribution is -2.14. The minimum Gasteiger partial charge on any atom is -0.398 e. The number of nitrogens with zero attached hydrogens (tertiary/aromatic N) is 1. The molecule has 1 aromatic heterocycles. The second-order valence-electron chi connectivity index (χ2n) is 3.56. The van der Waals surface area contributed by atoms with Crippen molar-refractivity contribution in [2.24, 2.45) is 0 Å². The molecule has 98 valence electrons. The first-order valence-corrected chi connectivity index (χ1v) is 7.73. The summed E-state index contributed by atoms with van der Waals surface area (Å²) in [6.45, 7) is 0. The predicted octanol–water partition coefficient (Wildman–Crippen LogP) is 2.66. The molecule has 0 spiro atoms. The second kappa shape index (κ2) is 5.09. The molecule has 1 aromatic carbocycles. The third-order valence-electron chi connectivity index (χ3n) is 2.28. The van der Waals surface area contributed by atoms with Crippen LogP contribution in [0.25, 0.3) is 0 Å². The van der Waals surface area contributed by atoms with Crippen molar-refractivity contribution >= 4 is 43.6 Å². The van der Waals surface area contributed by atoms with Gasteiger partial charge in [-0.2, -0.15) is 5.26 Å². The molecule has 0 atom stereocenters. The van der Waals surface area contributed by atoms with Gasteiger partial charge in [0.15, 0.2) is 0 Å². The number of anilines is 2. The topological polar surface area (TPSA) is 96.0 Å². The minimum absolute atomic E-state index is 0.0898. The largest absolute Gasteiger partial charge is 0.398 e. The van der Waals surface area contributed by atoms with Gasteiger partial charge in [0.2, 0.25) is 0 Å². The number of hydrogen-bond acceptors (Lipinski definition) is 5. The lowest BCUT2D eigenvalue weighted by Gasteiger charge is -2.09. The smallest absolute Gasteiger partial charge is 0.264 e. The predicted molar refractivity (Wildman–Crippen MR) is 75.7 cm³/mol. The monoisotopic (exact) mass is 313 g/mol. The van der Waals surface area contributed by atoms with Crippen molar-refractivity contribution in [3.63, 3.8) is 0 Å². The van der Waals surface area contributed by atoms with Crippen LogP contribution >= 0.6 is 22.9 Å². The Bertz CT molecular complexity index is 762. The highest BCUT2D eigenvalue weighted by Crippen LogP contribution is 2.28. The average molecular weight is 314 g/mol. The number of rotatable bonds is 3. The lowest BCUT2D eigenvalue weighted by atomic mass is 10.3. The number of nitrogens with two attached hydrogens (primary N) is 1. The Labute approximate surface area is 119 Å². The van der Waals surface area contributed by atoms with Crippen molar-refractivity contribution in [2.45, 2.75) is 4.90 Å². The first-order valence-electron chi connectivity index (χ1n) is 4.99. The summed E-state index contributed by atoms with van der Waals surface area (Å²) in [5.74, 6) is 0. The summed E-state index contributed by atoms with van der Waals surface area (Å²) in [6.07, 6.45) is 0. The SMILES string of the molecule is N#Cc1ccsc1NS(=O)(=O)c1cc(Cl)ccc1N. The summed E-state index contributed by atoms with van der Waals surface area (Å²) in [4.78, 5) is -0.114. The molecular weight excluding hydrogens is 306 g/mol. The molecule has 1 heterocycles. The van der Waals surface area contributed by atoms with E-state index in [4.69, 9.17) is 22.6 Å². The van der Waals surface area contributed by atoms with Gasteiger partial charge in [0.1, 0.15) is 16.0 Å². The molecule has 2 rings (SSSR count). The van der Waals surface area contributed by atoms with Crippen molar-refractivity contribution in [1.29, 1.82) is 5.26 Å². The molecule has 0 saturated carbocycles. The molecule has 0 aliphatic heterocycles. The number of nitrogen functional groups attached to an aromatic ring is 1. The molecule has 2 aromatic rings. The standard InChI is InChI=1S/C11H8ClN3O2S2/c12-8-1-2-9(14)10(5-8)19(16,17)15-11-7(6-13)3-4-18-11/h1-5,15H,14H2. The van der Waals surface area contributed by atoms with Crippen LogP contribution in [0.15, 0.2) is 34.5 Å². The number of hydrogen-bond donors (Lipinski definition) is 2. The molecule has 3 N–H and O–H groups in total. The zero-order valence-corrected chi connectivity index (χ0v) is 11.8. The van der Waals surface area contributed by atoms with Crippen LogP contribution < -0.4 is 10.5 Å². The maximum Gasteiger partial charge on any atom is 0.264 e. The van der Waals surface area contributed by atoms with Crippen molar-refractivity contribution in [2.75, 3.05) is 10.5 Å². The van der Waals surface area contributed by atoms with E-state index >= 15 is 0 Å². The highest BCUT2D eigenvalue weighted by molar-refractivity contribution is 7.93. The number of benzene rings is 1. The normalized spacial score (nSPS) is 10.9. The van der Waals surface area contributed by atoms with Crippen molar-refractivity contribution in [3.05, 3.63) is 40.2 Å². The van der Waals surface area contributed by atoms with Gasteiger partial charge in [0.05, 0.1) is 11.3 Å². The Morgan fingerprint density at radius 3 is 2.79 bits per heavy atom. The molecule has 19 heavy (non-hydrogen) atoms. The fourth-order valence-electron chi connectivity index (χ4n) is 1.39. The maximum absolute atomic E-state index is 12.2. The van der Waals surface area contributed by atoms with E-state index in [-0.39, 0.29) is 26.2 Å². The van der Waals surface area contributed by atoms with E-state index in [1.165, 1.54) is 24.3 Å². The third-order valence-corrected chi connectivity index (χ3v) is 4.88. The summed E-state index contributed by atoms with van der Waals surface area (Å²) >= 11 is 6.88. The van der Waals surface area contributed by atoms with Crippen LogP contribution in [0.4, 0.5) is 10.7 Å². The van der Waals surface area contributed by atoms with Gasteiger partial charge in [-0.15, -0.1) is 11.3 Å². The van der Waals surface area contributed by atoms with Gasteiger partial charge in [-0.25, -0.2) is 8.42 Å². The van der Waals surface area contributed by atoms with E-state index in [0.29, 0.717) is 0 Å². The summed E-state index contributed by atoms with van der Waals surface area (Å²) in [6, 6.07) is 7.61. The minimum atomic E-state index is -3.87. The van der Waals surface area contributed by atoms with Gasteiger partial charge in [-0.1, -0.05) is 11.6 Å². The second-order valence-corrected chi connectivity index (χ2v) is 6.57. The van der Waals surface area contributed by atoms with Crippen molar-refractivity contribution in [1.82, 2.24) is 0 Å². The van der Waals surface area contributed by atoms with Gasteiger partial charge < -0.3 is 5.73 Å². The Hall–Kier alpha value is -1.75. The van der Waals surface area contributed by atoms with Gasteiger partial charge in [-0.3, -0.25) is 4.72 Å². The van der Waals surface area contributed by atoms with Gasteiger partial charge in [0.25, 0.3) is 10.0 Å². The summed E-state index contributed by atoms with van der Waals surface area (Å²) < 4.78 is 26.7. The molecule has 0 saturated heterocycles. The maximum atomic E-state index is 12.2. The molecule has 0 aliphatic rings. The van der Waals surface area contributed by atoms with E-state index in [2.05, 4.69) is 4.72 Å². The van der Waals surface area contributed by atoms with Crippen LogP contribution in [0.2, 0.25) is 5.02 Å². The molecule has 0 aliphatic carbocycles. The zero-order chi connectivity index (χ0) is 14.0. The number of halogens is 1. The van der Waals surface area contributed by atoms with Gasteiger partial charge in [-0.05, 0) is 29.6 Å². The Balaban J connectivity index is 2.44. The van der Waals surface area contributed by atoms with E-state index < -0.39 is 10.0 Å². The number of nitrogens with one attached hydrogen (secondary N) is 1. The molecule has 0 fully saturated rings. The molecule has 0 bridgehead atoms. The Kier molecular flexibility index (Phi) is 3.66.